The maximum absolute atomic E-state index is 6.15. The minimum absolute atomic E-state index is 0.157. The van der Waals surface area contributed by atoms with E-state index < -0.39 is 0 Å². The topological polar surface area (TPSA) is 74.2 Å². The smallest absolute Gasteiger partial charge is 0.231 e. The summed E-state index contributed by atoms with van der Waals surface area (Å²) in [6.45, 7) is 2.82. The summed E-state index contributed by atoms with van der Waals surface area (Å²) in [4.78, 5) is 4.56. The number of nitrogens with two attached hydrogens (primary N) is 1. The van der Waals surface area contributed by atoms with Crippen molar-refractivity contribution in [3.8, 4) is 0 Å². The monoisotopic (exact) mass is 251 g/mol. The lowest BCUT2D eigenvalue weighted by Gasteiger charge is -2.25. The lowest BCUT2D eigenvalue weighted by molar-refractivity contribution is 0.00768. The third kappa shape index (κ3) is 2.06. The van der Waals surface area contributed by atoms with Gasteiger partial charge in [0.15, 0.2) is 0 Å². The Morgan fingerprint density at radius 2 is 2.11 bits per heavy atom. The van der Waals surface area contributed by atoms with Crippen LogP contribution in [0.25, 0.3) is 0 Å². The van der Waals surface area contributed by atoms with Gasteiger partial charge < -0.3 is 15.0 Å². The average molecular weight is 251 g/mol. The van der Waals surface area contributed by atoms with Gasteiger partial charge in [-0.05, 0) is 32.6 Å². The highest BCUT2D eigenvalue weighted by Gasteiger charge is 2.38. The van der Waals surface area contributed by atoms with Crippen LogP contribution in [-0.2, 0) is 10.3 Å². The number of ether oxygens (including phenoxy) is 1. The van der Waals surface area contributed by atoms with Gasteiger partial charge >= 0.3 is 0 Å². The molecule has 1 aliphatic heterocycles. The Kier molecular flexibility index (Phi) is 3.11. The normalized spacial score (nSPS) is 37.0. The van der Waals surface area contributed by atoms with Crippen LogP contribution >= 0.6 is 0 Å². The Morgan fingerprint density at radius 1 is 1.28 bits per heavy atom. The summed E-state index contributed by atoms with van der Waals surface area (Å²) in [5.74, 6) is 1.62. The predicted octanol–water partition coefficient (Wildman–Crippen LogP) is 2.08. The van der Waals surface area contributed by atoms with Crippen LogP contribution in [0.1, 0.15) is 63.1 Å². The molecule has 1 saturated heterocycles. The van der Waals surface area contributed by atoms with E-state index in [1.54, 1.807) is 0 Å². The quantitative estimate of drug-likeness (QED) is 0.871. The first kappa shape index (κ1) is 12.1. The fourth-order valence-corrected chi connectivity index (χ4v) is 3.02. The number of hydrogen-bond acceptors (Lipinski definition) is 5. The lowest BCUT2D eigenvalue weighted by atomic mass is 9.85. The van der Waals surface area contributed by atoms with Crippen molar-refractivity contribution in [3.05, 3.63) is 11.7 Å². The molecule has 1 aliphatic carbocycles. The summed E-state index contributed by atoms with van der Waals surface area (Å²) in [7, 11) is 0. The maximum atomic E-state index is 6.15. The molecule has 2 N–H and O–H groups in total. The van der Waals surface area contributed by atoms with Crippen molar-refractivity contribution in [1.29, 1.82) is 0 Å². The van der Waals surface area contributed by atoms with Crippen molar-refractivity contribution in [2.24, 2.45) is 5.73 Å². The summed E-state index contributed by atoms with van der Waals surface area (Å²) >= 11 is 0. The van der Waals surface area contributed by atoms with Crippen molar-refractivity contribution in [2.45, 2.75) is 63.0 Å². The second kappa shape index (κ2) is 4.63. The summed E-state index contributed by atoms with van der Waals surface area (Å²) in [5.41, 5.74) is 5.79. The van der Waals surface area contributed by atoms with E-state index >= 15 is 0 Å². The SMILES string of the molecule is CC1(c2noc(C3CCCCC3N)n2)CCCO1. The van der Waals surface area contributed by atoms with Gasteiger partial charge in [0.2, 0.25) is 11.7 Å². The molecule has 3 rings (SSSR count). The molecule has 2 heterocycles. The van der Waals surface area contributed by atoms with E-state index in [-0.39, 0.29) is 17.6 Å². The van der Waals surface area contributed by atoms with Crippen molar-refractivity contribution in [1.82, 2.24) is 10.1 Å². The summed E-state index contributed by atoms with van der Waals surface area (Å²) in [6.07, 6.45) is 6.53. The lowest BCUT2D eigenvalue weighted by Crippen LogP contribution is -2.31. The van der Waals surface area contributed by atoms with E-state index in [1.165, 1.54) is 12.8 Å². The molecule has 3 atom stereocenters. The molecule has 5 nitrogen and oxygen atoms in total. The number of aromatic nitrogens is 2. The highest BCUT2D eigenvalue weighted by molar-refractivity contribution is 5.06. The minimum atomic E-state index is -0.361. The largest absolute Gasteiger partial charge is 0.367 e. The van der Waals surface area contributed by atoms with Crippen molar-refractivity contribution >= 4 is 0 Å². The van der Waals surface area contributed by atoms with E-state index in [0.29, 0.717) is 11.7 Å². The van der Waals surface area contributed by atoms with Gasteiger partial charge in [-0.15, -0.1) is 0 Å². The zero-order chi connectivity index (χ0) is 12.6. The molecule has 0 amide bonds. The van der Waals surface area contributed by atoms with Gasteiger partial charge in [0.05, 0.1) is 5.92 Å². The van der Waals surface area contributed by atoms with E-state index in [0.717, 1.165) is 32.3 Å². The molecule has 3 unspecified atom stereocenters. The fourth-order valence-electron chi connectivity index (χ4n) is 3.02. The summed E-state index contributed by atoms with van der Waals surface area (Å²) < 4.78 is 11.2. The predicted molar refractivity (Wildman–Crippen MR) is 66.0 cm³/mol. The van der Waals surface area contributed by atoms with Gasteiger partial charge in [0, 0.05) is 12.6 Å². The zero-order valence-corrected chi connectivity index (χ0v) is 10.9. The molecule has 18 heavy (non-hydrogen) atoms. The molecule has 1 saturated carbocycles. The first-order chi connectivity index (χ1) is 8.69. The van der Waals surface area contributed by atoms with Crippen LogP contribution < -0.4 is 5.73 Å². The summed E-state index contributed by atoms with van der Waals surface area (Å²) in [5, 5.41) is 4.11. The molecule has 5 heteroatoms. The first-order valence-electron chi connectivity index (χ1n) is 6.93. The Morgan fingerprint density at radius 3 is 2.83 bits per heavy atom. The Balaban J connectivity index is 1.80. The van der Waals surface area contributed by atoms with E-state index in [4.69, 9.17) is 15.0 Å². The Bertz CT molecular complexity index is 412. The summed E-state index contributed by atoms with van der Waals surface area (Å²) in [6, 6.07) is 0.157. The number of rotatable bonds is 2. The highest BCUT2D eigenvalue weighted by Crippen LogP contribution is 2.36. The van der Waals surface area contributed by atoms with Crippen LogP contribution in [0.2, 0.25) is 0 Å². The standard InChI is InChI=1S/C13H21N3O2/c1-13(7-4-8-17-13)12-15-11(18-16-12)9-5-2-3-6-10(9)14/h9-10H,2-8,14H2,1H3. The third-order valence-electron chi connectivity index (χ3n) is 4.27. The molecule has 1 aromatic heterocycles. The van der Waals surface area contributed by atoms with Crippen molar-refractivity contribution < 1.29 is 9.26 Å². The molecule has 1 aromatic rings. The van der Waals surface area contributed by atoms with Gasteiger partial charge in [-0.2, -0.15) is 4.98 Å². The second-order valence-corrected chi connectivity index (χ2v) is 5.69. The number of hydrogen-bond donors (Lipinski definition) is 1. The van der Waals surface area contributed by atoms with Crippen LogP contribution in [0.15, 0.2) is 4.52 Å². The Hall–Kier alpha value is -0.940. The van der Waals surface area contributed by atoms with Gasteiger partial charge in [-0.1, -0.05) is 18.0 Å². The molecular weight excluding hydrogens is 230 g/mol. The fraction of sp³-hybridized carbons (Fsp3) is 0.846. The van der Waals surface area contributed by atoms with Crippen molar-refractivity contribution in [3.63, 3.8) is 0 Å². The molecular formula is C13H21N3O2. The van der Waals surface area contributed by atoms with Crippen LogP contribution in [0.5, 0.6) is 0 Å². The minimum Gasteiger partial charge on any atom is -0.367 e. The van der Waals surface area contributed by atoms with Crippen LogP contribution in [0, 0.1) is 0 Å². The maximum Gasteiger partial charge on any atom is 0.231 e. The highest BCUT2D eigenvalue weighted by atomic mass is 16.5. The Labute approximate surface area is 107 Å². The van der Waals surface area contributed by atoms with E-state index in [2.05, 4.69) is 10.1 Å². The first-order valence-corrected chi connectivity index (χ1v) is 6.93. The van der Waals surface area contributed by atoms with Gasteiger partial charge in [0.1, 0.15) is 5.60 Å². The van der Waals surface area contributed by atoms with Gasteiger partial charge in [0.25, 0.3) is 0 Å². The van der Waals surface area contributed by atoms with Crippen molar-refractivity contribution in [2.75, 3.05) is 6.61 Å². The van der Waals surface area contributed by atoms with E-state index in [1.807, 2.05) is 6.92 Å². The third-order valence-corrected chi connectivity index (χ3v) is 4.27. The van der Waals surface area contributed by atoms with Crippen LogP contribution in [0.4, 0.5) is 0 Å². The van der Waals surface area contributed by atoms with Gasteiger partial charge in [-0.3, -0.25) is 0 Å². The van der Waals surface area contributed by atoms with Crippen LogP contribution in [-0.4, -0.2) is 22.8 Å². The average Bonchev–Trinajstić information content (AvgIpc) is 2.99. The molecule has 0 aromatic carbocycles. The molecule has 0 spiro atoms. The van der Waals surface area contributed by atoms with E-state index in [9.17, 15) is 0 Å². The molecule has 0 radical (unpaired) electrons. The molecule has 2 aliphatic rings. The molecule has 0 bridgehead atoms. The number of nitrogens with zero attached hydrogens (tertiary/aromatic N) is 2. The van der Waals surface area contributed by atoms with Crippen LogP contribution in [0.3, 0.4) is 0 Å². The van der Waals surface area contributed by atoms with Gasteiger partial charge in [-0.25, -0.2) is 0 Å². The molecule has 2 fully saturated rings. The molecule has 100 valence electrons. The zero-order valence-electron chi connectivity index (χ0n) is 10.9. The second-order valence-electron chi connectivity index (χ2n) is 5.69.